The molecule has 0 atom stereocenters. The molecule has 0 aliphatic carbocycles. The lowest BCUT2D eigenvalue weighted by Gasteiger charge is -2.17. The van der Waals surface area contributed by atoms with E-state index in [4.69, 9.17) is 16.3 Å². The van der Waals surface area contributed by atoms with Crippen molar-refractivity contribution in [2.24, 2.45) is 0 Å². The molecule has 11 heteroatoms. The minimum Gasteiger partial charge on any atom is -0.465 e. The lowest BCUT2D eigenvalue weighted by atomic mass is 10.1. The molecule has 0 saturated heterocycles. The highest BCUT2D eigenvalue weighted by molar-refractivity contribution is 6.34. The number of pyridine rings is 1. The van der Waals surface area contributed by atoms with Gasteiger partial charge in [-0.25, -0.2) is 9.78 Å². The first kappa shape index (κ1) is 24.1. The van der Waals surface area contributed by atoms with Gasteiger partial charge in [0, 0.05) is 18.1 Å². The molecule has 0 bridgehead atoms. The van der Waals surface area contributed by atoms with Crippen LogP contribution in [-0.2, 0) is 4.74 Å². The number of hydrogen-bond donors (Lipinski definition) is 2. The molecule has 1 amide bonds. The number of ether oxygens (including phenoxy) is 2. The van der Waals surface area contributed by atoms with Crippen LogP contribution < -0.4 is 15.6 Å². The molecule has 2 heterocycles. The van der Waals surface area contributed by atoms with Gasteiger partial charge in [0.15, 0.2) is 0 Å². The van der Waals surface area contributed by atoms with Gasteiger partial charge in [-0.3, -0.25) is 9.59 Å². The Kier molecular flexibility index (Phi) is 7.96. The first-order chi connectivity index (χ1) is 15.9. The van der Waals surface area contributed by atoms with E-state index in [1.807, 2.05) is 0 Å². The van der Waals surface area contributed by atoms with Crippen LogP contribution >= 0.6 is 11.6 Å². The van der Waals surface area contributed by atoms with E-state index in [1.165, 1.54) is 37.6 Å². The van der Waals surface area contributed by atoms with E-state index in [-0.39, 0.29) is 33.5 Å². The minimum absolute atomic E-state index is 0.133. The predicted molar refractivity (Wildman–Crippen MR) is 124 cm³/mol. The van der Waals surface area contributed by atoms with Crippen molar-refractivity contribution in [1.82, 2.24) is 19.9 Å². The van der Waals surface area contributed by atoms with E-state index in [9.17, 15) is 14.4 Å². The molecule has 0 fully saturated rings. The number of benzene rings is 1. The average molecular weight is 474 g/mol. The number of carbonyl (C=O) groups is 2. The molecule has 174 valence electrons. The Morgan fingerprint density at radius 3 is 2.67 bits per heavy atom. The Morgan fingerprint density at radius 2 is 1.97 bits per heavy atom. The second-order valence-corrected chi connectivity index (χ2v) is 7.39. The number of amides is 1. The topological polar surface area (TPSA) is 127 Å². The molecule has 33 heavy (non-hydrogen) atoms. The number of methoxy groups -OCH3 is 1. The minimum atomic E-state index is -0.707. The van der Waals surface area contributed by atoms with Gasteiger partial charge in [-0.2, -0.15) is 4.98 Å². The summed E-state index contributed by atoms with van der Waals surface area (Å²) in [7, 11) is 1.24. The molecule has 1 aromatic carbocycles. The van der Waals surface area contributed by atoms with Crippen LogP contribution in [0.2, 0.25) is 5.02 Å². The fraction of sp³-hybridized carbons (Fsp3) is 0.318. The van der Waals surface area contributed by atoms with Crippen molar-refractivity contribution < 1.29 is 19.1 Å². The molecular weight excluding hydrogens is 450 g/mol. The molecule has 2 aromatic heterocycles. The number of halogens is 1. The standard InChI is InChI=1S/C22H24ClN5O5/c1-4-28(5-2)8-9-33-22-24-12-14-10-15(20(30)26-18(14)27-22)19(29)25-17-11-13(21(31)32-3)6-7-16(17)23/h6-7,10-12H,4-5,8-9H2,1-3H3,(H,25,29)(H,24,26,27,30). The Morgan fingerprint density at radius 1 is 1.21 bits per heavy atom. The van der Waals surface area contributed by atoms with E-state index >= 15 is 0 Å². The van der Waals surface area contributed by atoms with Gasteiger partial charge in [0.1, 0.15) is 17.8 Å². The molecule has 3 rings (SSSR count). The van der Waals surface area contributed by atoms with Gasteiger partial charge in [-0.05, 0) is 37.4 Å². The number of likely N-dealkylation sites (N-methyl/N-ethyl adjacent to an activating group) is 1. The van der Waals surface area contributed by atoms with Gasteiger partial charge in [0.25, 0.3) is 11.5 Å². The zero-order chi connectivity index (χ0) is 24.0. The highest BCUT2D eigenvalue weighted by atomic mass is 35.5. The lowest BCUT2D eigenvalue weighted by Crippen LogP contribution is -2.28. The third kappa shape index (κ3) is 5.85. The van der Waals surface area contributed by atoms with Gasteiger partial charge < -0.3 is 24.7 Å². The summed E-state index contributed by atoms with van der Waals surface area (Å²) in [4.78, 5) is 50.1. The van der Waals surface area contributed by atoms with Crippen molar-refractivity contribution in [2.45, 2.75) is 13.8 Å². The van der Waals surface area contributed by atoms with E-state index in [1.54, 1.807) is 0 Å². The number of esters is 1. The number of H-pyrrole nitrogens is 1. The molecular formula is C22H24ClN5O5. The quantitative estimate of drug-likeness (QED) is 0.454. The molecule has 3 aromatic rings. The van der Waals surface area contributed by atoms with Crippen molar-refractivity contribution in [2.75, 3.05) is 38.7 Å². The second-order valence-electron chi connectivity index (χ2n) is 6.98. The Hall–Kier alpha value is -3.50. The average Bonchev–Trinajstić information content (AvgIpc) is 2.82. The van der Waals surface area contributed by atoms with Gasteiger partial charge in [0.2, 0.25) is 0 Å². The molecule has 0 aliphatic heterocycles. The number of rotatable bonds is 9. The third-order valence-electron chi connectivity index (χ3n) is 4.98. The van der Waals surface area contributed by atoms with Crippen LogP contribution in [0, 0.1) is 0 Å². The number of anilines is 1. The predicted octanol–water partition coefficient (Wildman–Crippen LogP) is 2.73. The van der Waals surface area contributed by atoms with Crippen LogP contribution in [-0.4, -0.2) is 65.1 Å². The van der Waals surface area contributed by atoms with Crippen LogP contribution in [0.15, 0.2) is 35.3 Å². The van der Waals surface area contributed by atoms with E-state index in [0.717, 1.165) is 19.6 Å². The van der Waals surface area contributed by atoms with Crippen LogP contribution in [0.1, 0.15) is 34.6 Å². The van der Waals surface area contributed by atoms with Gasteiger partial charge in [-0.1, -0.05) is 25.4 Å². The van der Waals surface area contributed by atoms with Crippen molar-refractivity contribution in [3.63, 3.8) is 0 Å². The van der Waals surface area contributed by atoms with Gasteiger partial charge >= 0.3 is 12.0 Å². The Balaban J connectivity index is 1.79. The maximum Gasteiger partial charge on any atom is 0.337 e. The second kappa shape index (κ2) is 10.9. The number of fused-ring (bicyclic) bond motifs is 1. The van der Waals surface area contributed by atoms with E-state index in [0.29, 0.717) is 12.0 Å². The van der Waals surface area contributed by atoms with Crippen molar-refractivity contribution in [1.29, 1.82) is 0 Å². The molecule has 2 N–H and O–H groups in total. The smallest absolute Gasteiger partial charge is 0.337 e. The molecule has 0 radical (unpaired) electrons. The maximum absolute atomic E-state index is 12.7. The first-order valence-electron chi connectivity index (χ1n) is 10.3. The molecule has 0 aliphatic rings. The van der Waals surface area contributed by atoms with Crippen LogP contribution in [0.25, 0.3) is 11.0 Å². The lowest BCUT2D eigenvalue weighted by molar-refractivity contribution is 0.0600. The summed E-state index contributed by atoms with van der Waals surface area (Å²) >= 11 is 6.12. The molecule has 0 spiro atoms. The number of carbonyl (C=O) groups excluding carboxylic acids is 2. The number of nitrogens with zero attached hydrogens (tertiary/aromatic N) is 3. The molecule has 0 unspecified atom stereocenters. The van der Waals surface area contributed by atoms with Gasteiger partial charge in [-0.15, -0.1) is 0 Å². The van der Waals surface area contributed by atoms with Gasteiger partial charge in [0.05, 0.1) is 23.4 Å². The third-order valence-corrected chi connectivity index (χ3v) is 5.31. The fourth-order valence-electron chi connectivity index (χ4n) is 3.08. The zero-order valence-corrected chi connectivity index (χ0v) is 19.2. The summed E-state index contributed by atoms with van der Waals surface area (Å²) in [5.41, 5.74) is -0.201. The highest BCUT2D eigenvalue weighted by Gasteiger charge is 2.16. The Bertz CT molecular complexity index is 1230. The monoisotopic (exact) mass is 473 g/mol. The summed E-state index contributed by atoms with van der Waals surface area (Å²) < 4.78 is 10.2. The SMILES string of the molecule is CCN(CC)CCOc1ncc2cc(C(=O)Nc3cc(C(=O)OC)ccc3Cl)c(=O)[nH]c2n1. The summed E-state index contributed by atoms with van der Waals surface area (Å²) in [5, 5.41) is 3.19. The maximum atomic E-state index is 12.7. The number of aromatic amines is 1. The number of hydrogen-bond acceptors (Lipinski definition) is 8. The Labute approximate surface area is 194 Å². The summed E-state index contributed by atoms with van der Waals surface area (Å²) in [5.74, 6) is -1.29. The van der Waals surface area contributed by atoms with Crippen LogP contribution in [0.4, 0.5) is 5.69 Å². The summed E-state index contributed by atoms with van der Waals surface area (Å²) in [6, 6.07) is 5.79. The van der Waals surface area contributed by atoms with Crippen molar-refractivity contribution >= 4 is 40.2 Å². The van der Waals surface area contributed by atoms with Crippen molar-refractivity contribution in [3.05, 3.63) is 57.0 Å². The van der Waals surface area contributed by atoms with E-state index in [2.05, 4.69) is 43.8 Å². The first-order valence-corrected chi connectivity index (χ1v) is 10.7. The number of aromatic nitrogens is 3. The fourth-order valence-corrected chi connectivity index (χ4v) is 3.24. The molecule has 10 nitrogen and oxygen atoms in total. The highest BCUT2D eigenvalue weighted by Crippen LogP contribution is 2.24. The number of nitrogens with one attached hydrogen (secondary N) is 2. The molecule has 0 saturated carbocycles. The van der Waals surface area contributed by atoms with Crippen LogP contribution in [0.5, 0.6) is 6.01 Å². The largest absolute Gasteiger partial charge is 0.465 e. The zero-order valence-electron chi connectivity index (χ0n) is 18.5. The summed E-state index contributed by atoms with van der Waals surface area (Å²) in [6.07, 6.45) is 1.46. The van der Waals surface area contributed by atoms with Crippen LogP contribution in [0.3, 0.4) is 0 Å². The van der Waals surface area contributed by atoms with Crippen molar-refractivity contribution in [3.8, 4) is 6.01 Å². The summed E-state index contributed by atoms with van der Waals surface area (Å²) in [6.45, 7) is 7.09. The van der Waals surface area contributed by atoms with E-state index < -0.39 is 17.4 Å². The normalized spacial score (nSPS) is 10.9.